The molecule has 25 heavy (non-hydrogen) atoms. The van der Waals surface area contributed by atoms with Crippen molar-refractivity contribution in [1.82, 2.24) is 5.43 Å². The number of aromatic carboxylic acids is 1. The Morgan fingerprint density at radius 1 is 0.720 bits per heavy atom. The summed E-state index contributed by atoms with van der Waals surface area (Å²) in [5, 5.41) is 10.7. The zero-order valence-electron chi connectivity index (χ0n) is 13.3. The number of hydrazine groups is 1. The lowest BCUT2D eigenvalue weighted by Crippen LogP contribution is -2.39. The lowest BCUT2D eigenvalue weighted by molar-refractivity contribution is 0.0697. The minimum Gasteiger partial charge on any atom is -0.478 e. The van der Waals surface area contributed by atoms with Crippen molar-refractivity contribution >= 4 is 23.3 Å². The van der Waals surface area contributed by atoms with Gasteiger partial charge in [-0.1, -0.05) is 42.5 Å². The van der Waals surface area contributed by atoms with Gasteiger partial charge in [0.2, 0.25) is 0 Å². The predicted octanol–water partition coefficient (Wildman–Crippen LogP) is 3.87. The van der Waals surface area contributed by atoms with Gasteiger partial charge in [-0.3, -0.25) is 15.2 Å². The first-order valence-corrected chi connectivity index (χ1v) is 7.70. The van der Waals surface area contributed by atoms with Crippen molar-refractivity contribution in [2.75, 3.05) is 5.01 Å². The van der Waals surface area contributed by atoms with Gasteiger partial charge in [0.15, 0.2) is 0 Å². The van der Waals surface area contributed by atoms with Gasteiger partial charge in [0.25, 0.3) is 5.91 Å². The molecule has 0 aliphatic heterocycles. The number of carboxylic acids is 1. The lowest BCUT2D eigenvalue weighted by Gasteiger charge is -2.25. The van der Waals surface area contributed by atoms with E-state index in [-0.39, 0.29) is 11.1 Å². The third-order valence-corrected chi connectivity index (χ3v) is 3.61. The van der Waals surface area contributed by atoms with Crippen molar-refractivity contribution in [2.24, 2.45) is 0 Å². The fourth-order valence-corrected chi connectivity index (χ4v) is 2.39. The molecule has 0 aliphatic carbocycles. The monoisotopic (exact) mass is 332 g/mol. The highest BCUT2D eigenvalue weighted by atomic mass is 16.4. The van der Waals surface area contributed by atoms with Crippen molar-refractivity contribution in [1.29, 1.82) is 0 Å². The van der Waals surface area contributed by atoms with Gasteiger partial charge >= 0.3 is 5.97 Å². The minimum absolute atomic E-state index is 0.0682. The number of para-hydroxylation sites is 2. The van der Waals surface area contributed by atoms with E-state index in [9.17, 15) is 9.59 Å². The van der Waals surface area contributed by atoms with Crippen LogP contribution in [-0.2, 0) is 0 Å². The van der Waals surface area contributed by atoms with Crippen LogP contribution in [0.1, 0.15) is 20.7 Å². The Bertz CT molecular complexity index is 840. The molecule has 0 saturated carbocycles. The molecule has 0 fully saturated rings. The molecule has 0 bridgehead atoms. The van der Waals surface area contributed by atoms with E-state index in [4.69, 9.17) is 5.11 Å². The molecule has 0 saturated heterocycles. The maximum Gasteiger partial charge on any atom is 0.335 e. The Morgan fingerprint density at radius 3 is 1.76 bits per heavy atom. The maximum absolute atomic E-state index is 12.6. The maximum atomic E-state index is 12.6. The molecule has 0 spiro atoms. The smallest absolute Gasteiger partial charge is 0.335 e. The molecule has 3 aromatic rings. The number of carbonyl (C=O) groups is 2. The first kappa shape index (κ1) is 16.3. The van der Waals surface area contributed by atoms with Crippen molar-refractivity contribution in [3.8, 4) is 0 Å². The summed E-state index contributed by atoms with van der Waals surface area (Å²) < 4.78 is 0. The van der Waals surface area contributed by atoms with Gasteiger partial charge in [0, 0.05) is 5.56 Å². The SMILES string of the molecule is O=C(O)c1cccc(C(=O)NN(c2ccccc2)c2ccccc2)c1. The van der Waals surface area contributed by atoms with Gasteiger partial charge in [0.05, 0.1) is 16.9 Å². The van der Waals surface area contributed by atoms with Gasteiger partial charge in [0.1, 0.15) is 0 Å². The van der Waals surface area contributed by atoms with Crippen LogP contribution in [-0.4, -0.2) is 17.0 Å². The molecular formula is C20H16N2O3. The molecular weight excluding hydrogens is 316 g/mol. The topological polar surface area (TPSA) is 69.6 Å². The quantitative estimate of drug-likeness (QED) is 0.696. The average Bonchev–Trinajstić information content (AvgIpc) is 2.67. The molecule has 0 aromatic heterocycles. The van der Waals surface area contributed by atoms with E-state index in [1.54, 1.807) is 17.1 Å². The number of carboxylic acid groups (broad SMARTS) is 1. The van der Waals surface area contributed by atoms with Crippen LogP contribution < -0.4 is 10.4 Å². The summed E-state index contributed by atoms with van der Waals surface area (Å²) in [6.07, 6.45) is 0. The second kappa shape index (κ2) is 7.31. The number of benzene rings is 3. The molecule has 0 aliphatic rings. The van der Waals surface area contributed by atoms with E-state index in [0.717, 1.165) is 11.4 Å². The molecule has 2 N–H and O–H groups in total. The van der Waals surface area contributed by atoms with Crippen molar-refractivity contribution in [2.45, 2.75) is 0 Å². The Kier molecular flexibility index (Phi) is 4.76. The largest absolute Gasteiger partial charge is 0.478 e. The molecule has 0 radical (unpaired) electrons. The number of amides is 1. The van der Waals surface area contributed by atoms with Crippen molar-refractivity contribution in [3.63, 3.8) is 0 Å². The molecule has 0 heterocycles. The zero-order chi connectivity index (χ0) is 17.6. The number of nitrogens with zero attached hydrogens (tertiary/aromatic N) is 1. The molecule has 5 nitrogen and oxygen atoms in total. The molecule has 0 atom stereocenters. The van der Waals surface area contributed by atoms with E-state index in [0.29, 0.717) is 0 Å². The summed E-state index contributed by atoms with van der Waals surface area (Å²) >= 11 is 0. The van der Waals surface area contributed by atoms with Crippen LogP contribution in [0, 0.1) is 0 Å². The average molecular weight is 332 g/mol. The highest BCUT2D eigenvalue weighted by Gasteiger charge is 2.15. The van der Waals surface area contributed by atoms with E-state index in [2.05, 4.69) is 5.43 Å². The van der Waals surface area contributed by atoms with Gasteiger partial charge in [-0.05, 0) is 42.5 Å². The summed E-state index contributed by atoms with van der Waals surface area (Å²) in [6, 6.07) is 24.7. The van der Waals surface area contributed by atoms with Gasteiger partial charge in [-0.25, -0.2) is 4.79 Å². The van der Waals surface area contributed by atoms with Gasteiger partial charge < -0.3 is 5.11 Å². The first-order chi connectivity index (χ1) is 12.1. The Morgan fingerprint density at radius 2 is 1.24 bits per heavy atom. The van der Waals surface area contributed by atoms with Crippen LogP contribution in [0.4, 0.5) is 11.4 Å². The summed E-state index contributed by atoms with van der Waals surface area (Å²) in [5.41, 5.74) is 4.75. The number of hydrogen-bond acceptors (Lipinski definition) is 3. The number of rotatable bonds is 5. The summed E-state index contributed by atoms with van der Waals surface area (Å²) in [4.78, 5) is 23.7. The number of hydrogen-bond donors (Lipinski definition) is 2. The minimum atomic E-state index is -1.07. The van der Waals surface area contributed by atoms with E-state index in [1.807, 2.05) is 60.7 Å². The van der Waals surface area contributed by atoms with Crippen LogP contribution in [0.3, 0.4) is 0 Å². The lowest BCUT2D eigenvalue weighted by atomic mass is 10.1. The summed E-state index contributed by atoms with van der Waals surface area (Å²) in [6.45, 7) is 0. The summed E-state index contributed by atoms with van der Waals surface area (Å²) in [7, 11) is 0. The molecule has 124 valence electrons. The van der Waals surface area contributed by atoms with Crippen LogP contribution in [0.15, 0.2) is 84.9 Å². The predicted molar refractivity (Wildman–Crippen MR) is 95.9 cm³/mol. The molecule has 3 aromatic carbocycles. The molecule has 5 heteroatoms. The Labute approximate surface area is 145 Å². The summed E-state index contributed by atoms with van der Waals surface area (Å²) in [5.74, 6) is -1.46. The second-order valence-corrected chi connectivity index (χ2v) is 5.33. The number of carbonyl (C=O) groups excluding carboxylic acids is 1. The molecule has 0 unspecified atom stereocenters. The standard InChI is InChI=1S/C20H16N2O3/c23-19(15-8-7-9-16(14-15)20(24)25)21-22(17-10-3-1-4-11-17)18-12-5-2-6-13-18/h1-14H,(H,21,23)(H,24,25). The second-order valence-electron chi connectivity index (χ2n) is 5.33. The van der Waals surface area contributed by atoms with E-state index in [1.165, 1.54) is 12.1 Å². The third-order valence-electron chi connectivity index (χ3n) is 3.61. The molecule has 3 rings (SSSR count). The fraction of sp³-hybridized carbons (Fsp3) is 0. The van der Waals surface area contributed by atoms with Crippen molar-refractivity contribution in [3.05, 3.63) is 96.1 Å². The van der Waals surface area contributed by atoms with E-state index < -0.39 is 11.9 Å². The Hall–Kier alpha value is -3.60. The highest BCUT2D eigenvalue weighted by molar-refractivity contribution is 5.98. The van der Waals surface area contributed by atoms with Crippen LogP contribution in [0.5, 0.6) is 0 Å². The van der Waals surface area contributed by atoms with Gasteiger partial charge in [-0.15, -0.1) is 0 Å². The third kappa shape index (κ3) is 3.84. The van der Waals surface area contributed by atoms with Crippen LogP contribution in [0.2, 0.25) is 0 Å². The number of nitrogens with one attached hydrogen (secondary N) is 1. The van der Waals surface area contributed by atoms with Crippen LogP contribution in [0.25, 0.3) is 0 Å². The van der Waals surface area contributed by atoms with E-state index >= 15 is 0 Å². The zero-order valence-corrected chi connectivity index (χ0v) is 13.3. The number of anilines is 2. The first-order valence-electron chi connectivity index (χ1n) is 7.70. The van der Waals surface area contributed by atoms with Gasteiger partial charge in [-0.2, -0.15) is 0 Å². The molecule has 1 amide bonds. The normalized spacial score (nSPS) is 10.1. The van der Waals surface area contributed by atoms with Crippen LogP contribution >= 0.6 is 0 Å². The van der Waals surface area contributed by atoms with Crippen molar-refractivity contribution < 1.29 is 14.7 Å². The highest BCUT2D eigenvalue weighted by Crippen LogP contribution is 2.22. The fourth-order valence-electron chi connectivity index (χ4n) is 2.39. The Balaban J connectivity index is 1.92.